The first kappa shape index (κ1) is 17.7. The maximum absolute atomic E-state index is 12.1. The molecule has 0 aromatic rings. The predicted molar refractivity (Wildman–Crippen MR) is 72.6 cm³/mol. The van der Waals surface area contributed by atoms with E-state index in [1.807, 2.05) is 13.8 Å². The first-order valence-electron chi connectivity index (χ1n) is 6.91. The van der Waals surface area contributed by atoms with Crippen LogP contribution in [0.3, 0.4) is 0 Å². The van der Waals surface area contributed by atoms with Gasteiger partial charge in [0.2, 0.25) is 11.6 Å². The lowest BCUT2D eigenvalue weighted by molar-refractivity contribution is -0.142. The van der Waals surface area contributed by atoms with Crippen molar-refractivity contribution in [1.82, 2.24) is 0 Å². The Kier molecular flexibility index (Phi) is 8.12. The zero-order valence-corrected chi connectivity index (χ0v) is 12.2. The van der Waals surface area contributed by atoms with E-state index in [-0.39, 0.29) is 5.92 Å². The van der Waals surface area contributed by atoms with Crippen LogP contribution in [0.1, 0.15) is 47.0 Å². The van der Waals surface area contributed by atoms with Crippen molar-refractivity contribution in [1.29, 1.82) is 0 Å². The number of ketones is 2. The van der Waals surface area contributed by atoms with Crippen LogP contribution in [-0.2, 0) is 19.2 Å². The molecule has 0 spiro atoms. The number of hydrogen-bond acceptors (Lipinski definition) is 4. The summed E-state index contributed by atoms with van der Waals surface area (Å²) in [5.74, 6) is -2.57. The number of aldehydes is 2. The summed E-state index contributed by atoms with van der Waals surface area (Å²) in [6.07, 6.45) is 3.16. The highest BCUT2D eigenvalue weighted by Gasteiger charge is 2.31. The summed E-state index contributed by atoms with van der Waals surface area (Å²) in [5, 5.41) is 0. The first-order chi connectivity index (χ1) is 8.92. The smallest absolute Gasteiger partial charge is 0.202 e. The predicted octanol–water partition coefficient (Wildman–Crippen LogP) is 2.24. The molecule has 0 heterocycles. The van der Waals surface area contributed by atoms with Crippen molar-refractivity contribution in [2.24, 2.45) is 23.7 Å². The molecule has 0 aromatic carbocycles. The summed E-state index contributed by atoms with van der Waals surface area (Å²) in [7, 11) is 0. The second-order valence-electron chi connectivity index (χ2n) is 5.16. The molecule has 0 fully saturated rings. The van der Waals surface area contributed by atoms with E-state index in [0.717, 1.165) is 6.29 Å². The highest BCUT2D eigenvalue weighted by atomic mass is 16.2. The Morgan fingerprint density at radius 1 is 0.947 bits per heavy atom. The van der Waals surface area contributed by atoms with Crippen molar-refractivity contribution in [3.8, 4) is 0 Å². The Morgan fingerprint density at radius 2 is 1.53 bits per heavy atom. The van der Waals surface area contributed by atoms with Crippen LogP contribution < -0.4 is 0 Å². The third-order valence-corrected chi connectivity index (χ3v) is 3.83. The number of carbonyl (C=O) groups is 4. The van der Waals surface area contributed by atoms with Gasteiger partial charge >= 0.3 is 0 Å². The molecule has 4 unspecified atom stereocenters. The molecular weight excluding hydrogens is 244 g/mol. The average molecular weight is 268 g/mol. The lowest BCUT2D eigenvalue weighted by atomic mass is 9.82. The quantitative estimate of drug-likeness (QED) is 0.450. The maximum atomic E-state index is 12.1. The van der Waals surface area contributed by atoms with E-state index < -0.39 is 29.3 Å². The molecule has 19 heavy (non-hydrogen) atoms. The van der Waals surface area contributed by atoms with Gasteiger partial charge in [-0.05, 0) is 19.3 Å². The van der Waals surface area contributed by atoms with Crippen LogP contribution in [0.5, 0.6) is 0 Å². The summed E-state index contributed by atoms with van der Waals surface area (Å²) >= 11 is 0. The molecular formula is C15H24O4. The Bertz CT molecular complexity index is 335. The minimum Gasteiger partial charge on any atom is -0.303 e. The third kappa shape index (κ3) is 5.05. The van der Waals surface area contributed by atoms with Crippen molar-refractivity contribution in [3.05, 3.63) is 0 Å². The first-order valence-corrected chi connectivity index (χ1v) is 6.91. The van der Waals surface area contributed by atoms with Gasteiger partial charge in [-0.2, -0.15) is 0 Å². The van der Waals surface area contributed by atoms with Crippen LogP contribution in [0.2, 0.25) is 0 Å². The minimum absolute atomic E-state index is 0.180. The summed E-state index contributed by atoms with van der Waals surface area (Å²) < 4.78 is 0. The Morgan fingerprint density at radius 3 is 1.89 bits per heavy atom. The van der Waals surface area contributed by atoms with Crippen molar-refractivity contribution >= 4 is 24.1 Å². The van der Waals surface area contributed by atoms with Crippen LogP contribution in [0.25, 0.3) is 0 Å². The Labute approximate surface area is 114 Å². The third-order valence-electron chi connectivity index (χ3n) is 3.83. The van der Waals surface area contributed by atoms with Gasteiger partial charge in [0.05, 0.1) is 0 Å². The zero-order valence-electron chi connectivity index (χ0n) is 12.2. The van der Waals surface area contributed by atoms with Gasteiger partial charge in [-0.15, -0.1) is 0 Å². The topological polar surface area (TPSA) is 68.3 Å². The molecule has 0 aliphatic heterocycles. The van der Waals surface area contributed by atoms with Crippen LogP contribution in [-0.4, -0.2) is 24.1 Å². The van der Waals surface area contributed by atoms with Crippen LogP contribution >= 0.6 is 0 Å². The van der Waals surface area contributed by atoms with E-state index in [9.17, 15) is 19.2 Å². The molecule has 4 heteroatoms. The highest BCUT2D eigenvalue weighted by Crippen LogP contribution is 2.21. The summed E-state index contributed by atoms with van der Waals surface area (Å²) in [6.45, 7) is 6.95. The minimum atomic E-state index is -0.588. The largest absolute Gasteiger partial charge is 0.303 e. The number of rotatable bonds is 10. The molecule has 0 aliphatic rings. The maximum Gasteiger partial charge on any atom is 0.202 e. The normalized spacial score (nSPS) is 17.1. The summed E-state index contributed by atoms with van der Waals surface area (Å²) in [5.41, 5.74) is 0. The molecule has 0 bridgehead atoms. The van der Waals surface area contributed by atoms with Gasteiger partial charge in [-0.1, -0.05) is 27.7 Å². The molecule has 0 rings (SSSR count). The Balaban J connectivity index is 4.79. The monoisotopic (exact) mass is 268 g/mol. The lowest BCUT2D eigenvalue weighted by Gasteiger charge is -2.19. The number of Topliss-reactive ketones (excluding diaryl/α,β-unsaturated/α-hetero) is 2. The Hall–Kier alpha value is -1.32. The summed E-state index contributed by atoms with van der Waals surface area (Å²) in [6, 6.07) is 0. The van der Waals surface area contributed by atoms with Gasteiger partial charge in [-0.3, -0.25) is 9.59 Å². The molecule has 0 N–H and O–H groups in total. The van der Waals surface area contributed by atoms with Gasteiger partial charge in [0, 0.05) is 23.7 Å². The standard InChI is InChI=1S/C15H24O4/c1-5-12(9-17)7-13(6-2)15(19)14(18)11(4)10(3)8-16/h8-13H,5-7H2,1-4H3. The number of hydrogen-bond donors (Lipinski definition) is 0. The van der Waals surface area contributed by atoms with Crippen molar-refractivity contribution in [3.63, 3.8) is 0 Å². The molecule has 0 amide bonds. The van der Waals surface area contributed by atoms with Gasteiger partial charge in [0.25, 0.3) is 0 Å². The van der Waals surface area contributed by atoms with Gasteiger partial charge < -0.3 is 9.59 Å². The van der Waals surface area contributed by atoms with E-state index in [4.69, 9.17) is 0 Å². The lowest BCUT2D eigenvalue weighted by Crippen LogP contribution is -2.33. The second-order valence-corrected chi connectivity index (χ2v) is 5.16. The molecule has 108 valence electrons. The molecule has 0 saturated carbocycles. The van der Waals surface area contributed by atoms with Gasteiger partial charge in [0.15, 0.2) is 0 Å². The second kappa shape index (κ2) is 8.73. The summed E-state index contributed by atoms with van der Waals surface area (Å²) in [4.78, 5) is 45.6. The van der Waals surface area contributed by atoms with Crippen molar-refractivity contribution < 1.29 is 19.2 Å². The number of carbonyl (C=O) groups excluding carboxylic acids is 4. The van der Waals surface area contributed by atoms with Crippen molar-refractivity contribution in [2.75, 3.05) is 0 Å². The fourth-order valence-electron chi connectivity index (χ4n) is 1.93. The van der Waals surface area contributed by atoms with E-state index in [1.165, 1.54) is 0 Å². The molecule has 4 nitrogen and oxygen atoms in total. The van der Waals surface area contributed by atoms with Crippen LogP contribution in [0, 0.1) is 23.7 Å². The molecule has 4 atom stereocenters. The average Bonchev–Trinajstić information content (AvgIpc) is 2.45. The van der Waals surface area contributed by atoms with E-state index in [0.29, 0.717) is 25.5 Å². The molecule has 0 radical (unpaired) electrons. The molecule has 0 aliphatic carbocycles. The van der Waals surface area contributed by atoms with Gasteiger partial charge in [0.1, 0.15) is 12.6 Å². The fraction of sp³-hybridized carbons (Fsp3) is 0.733. The van der Waals surface area contributed by atoms with E-state index in [2.05, 4.69) is 0 Å². The van der Waals surface area contributed by atoms with E-state index in [1.54, 1.807) is 13.8 Å². The molecule has 0 saturated heterocycles. The fourth-order valence-corrected chi connectivity index (χ4v) is 1.93. The van der Waals surface area contributed by atoms with Gasteiger partial charge in [-0.25, -0.2) is 0 Å². The molecule has 0 aromatic heterocycles. The van der Waals surface area contributed by atoms with Crippen LogP contribution in [0.15, 0.2) is 0 Å². The van der Waals surface area contributed by atoms with Crippen LogP contribution in [0.4, 0.5) is 0 Å². The SMILES string of the molecule is CCC(C=O)CC(CC)C(=O)C(=O)C(C)C(C)C=O. The van der Waals surface area contributed by atoms with E-state index >= 15 is 0 Å². The van der Waals surface area contributed by atoms with Crippen molar-refractivity contribution in [2.45, 2.75) is 47.0 Å². The highest BCUT2D eigenvalue weighted by molar-refractivity contribution is 6.38. The zero-order chi connectivity index (χ0) is 15.0.